The number of ether oxygens (including phenoxy) is 2. The molecule has 1 aliphatic rings. The fourth-order valence-corrected chi connectivity index (χ4v) is 3.02. The van der Waals surface area contributed by atoms with Gasteiger partial charge < -0.3 is 9.47 Å². The first-order valence-corrected chi connectivity index (χ1v) is 7.76. The molecule has 0 saturated heterocycles. The molecule has 0 aliphatic carbocycles. The zero-order valence-corrected chi connectivity index (χ0v) is 12.9. The molecule has 0 N–H and O–H groups in total. The highest BCUT2D eigenvalue weighted by molar-refractivity contribution is 9.11. The van der Waals surface area contributed by atoms with Crippen molar-refractivity contribution < 1.29 is 14.3 Å². The average molecular weight is 351 g/mol. The van der Waals surface area contributed by atoms with Crippen LogP contribution in [-0.4, -0.2) is 19.0 Å². The average Bonchev–Trinajstić information content (AvgIpc) is 2.90. The number of benzene rings is 1. The van der Waals surface area contributed by atoms with Gasteiger partial charge in [0.15, 0.2) is 17.3 Å². The van der Waals surface area contributed by atoms with E-state index in [0.717, 1.165) is 9.35 Å². The fourth-order valence-electron chi connectivity index (χ4n) is 1.88. The minimum Gasteiger partial charge on any atom is -0.486 e. The number of fused-ring (bicyclic) bond motifs is 1. The molecule has 3 nitrogen and oxygen atoms in total. The van der Waals surface area contributed by atoms with E-state index in [0.29, 0.717) is 30.3 Å². The Balaban J connectivity index is 1.78. The number of hydrogen-bond acceptors (Lipinski definition) is 4. The molecule has 0 bridgehead atoms. The first-order chi connectivity index (χ1) is 9.72. The Morgan fingerprint density at radius 2 is 2.00 bits per heavy atom. The molecule has 20 heavy (non-hydrogen) atoms. The second kappa shape index (κ2) is 5.81. The topological polar surface area (TPSA) is 35.5 Å². The van der Waals surface area contributed by atoms with E-state index in [1.54, 1.807) is 41.7 Å². The first-order valence-electron chi connectivity index (χ1n) is 6.08. The van der Waals surface area contributed by atoms with E-state index in [4.69, 9.17) is 9.47 Å². The van der Waals surface area contributed by atoms with E-state index < -0.39 is 0 Å². The molecule has 1 aromatic heterocycles. The minimum atomic E-state index is -0.0516. The smallest absolute Gasteiger partial charge is 0.185 e. The van der Waals surface area contributed by atoms with Crippen LogP contribution in [0.1, 0.15) is 15.9 Å². The van der Waals surface area contributed by atoms with Crippen molar-refractivity contribution in [3.8, 4) is 11.5 Å². The van der Waals surface area contributed by atoms with Crippen LogP contribution >= 0.6 is 27.3 Å². The summed E-state index contributed by atoms with van der Waals surface area (Å²) in [4.78, 5) is 12.1. The lowest BCUT2D eigenvalue weighted by atomic mass is 10.1. The van der Waals surface area contributed by atoms with Gasteiger partial charge in [0.25, 0.3) is 0 Å². The first kappa shape index (κ1) is 13.4. The molecule has 0 fully saturated rings. The summed E-state index contributed by atoms with van der Waals surface area (Å²) < 4.78 is 12.0. The van der Waals surface area contributed by atoms with Gasteiger partial charge in [-0.25, -0.2) is 0 Å². The Bertz CT molecular complexity index is 676. The number of allylic oxidation sites excluding steroid dienone is 1. The van der Waals surface area contributed by atoms with Gasteiger partial charge in [-0.1, -0.05) is 6.08 Å². The summed E-state index contributed by atoms with van der Waals surface area (Å²) in [5.41, 5.74) is 1.60. The van der Waals surface area contributed by atoms with Gasteiger partial charge in [-0.2, -0.15) is 0 Å². The van der Waals surface area contributed by atoms with Crippen LogP contribution in [0.2, 0.25) is 0 Å². The lowest BCUT2D eigenvalue weighted by Gasteiger charge is -2.18. The van der Waals surface area contributed by atoms with Crippen LogP contribution < -0.4 is 9.47 Å². The highest BCUT2D eigenvalue weighted by Gasteiger charge is 2.13. The summed E-state index contributed by atoms with van der Waals surface area (Å²) >= 11 is 4.98. The van der Waals surface area contributed by atoms with E-state index in [2.05, 4.69) is 15.9 Å². The number of rotatable bonds is 3. The number of thiophene rings is 1. The van der Waals surface area contributed by atoms with Gasteiger partial charge in [0.2, 0.25) is 0 Å². The SMILES string of the molecule is O=C(/C=C/c1csc(Br)c1)c1ccc2c(c1)OCCO2. The fraction of sp³-hybridized carbons (Fsp3) is 0.133. The van der Waals surface area contributed by atoms with E-state index in [1.807, 2.05) is 11.4 Å². The van der Waals surface area contributed by atoms with Crippen molar-refractivity contribution in [3.05, 3.63) is 50.6 Å². The third kappa shape index (κ3) is 2.94. The van der Waals surface area contributed by atoms with Crippen LogP contribution in [0.25, 0.3) is 6.08 Å². The molecular formula is C15H11BrO3S. The number of hydrogen-bond donors (Lipinski definition) is 0. The van der Waals surface area contributed by atoms with E-state index in [1.165, 1.54) is 0 Å². The Hall–Kier alpha value is -1.59. The van der Waals surface area contributed by atoms with E-state index in [9.17, 15) is 4.79 Å². The van der Waals surface area contributed by atoms with E-state index in [-0.39, 0.29) is 5.78 Å². The van der Waals surface area contributed by atoms with Crippen molar-refractivity contribution in [1.82, 2.24) is 0 Å². The molecule has 0 spiro atoms. The predicted molar refractivity (Wildman–Crippen MR) is 82.8 cm³/mol. The van der Waals surface area contributed by atoms with Gasteiger partial charge in [-0.15, -0.1) is 11.3 Å². The molecule has 0 amide bonds. The van der Waals surface area contributed by atoms with Crippen LogP contribution in [0.3, 0.4) is 0 Å². The normalized spacial score (nSPS) is 13.7. The maximum absolute atomic E-state index is 12.1. The molecule has 5 heteroatoms. The number of ketones is 1. The van der Waals surface area contributed by atoms with Crippen molar-refractivity contribution in [3.63, 3.8) is 0 Å². The summed E-state index contributed by atoms with van der Waals surface area (Å²) in [6, 6.07) is 7.23. The molecule has 102 valence electrons. The van der Waals surface area contributed by atoms with Crippen LogP contribution in [0, 0.1) is 0 Å². The number of carbonyl (C=O) groups is 1. The third-order valence-corrected chi connectivity index (χ3v) is 4.36. The third-order valence-electron chi connectivity index (χ3n) is 2.84. The predicted octanol–water partition coefficient (Wildman–Crippen LogP) is 4.18. The lowest BCUT2D eigenvalue weighted by Crippen LogP contribution is -2.15. The van der Waals surface area contributed by atoms with Crippen molar-refractivity contribution in [1.29, 1.82) is 0 Å². The Labute approximate surface area is 129 Å². The summed E-state index contributed by atoms with van der Waals surface area (Å²) in [5, 5.41) is 1.98. The molecular weight excluding hydrogens is 340 g/mol. The maximum Gasteiger partial charge on any atom is 0.185 e. The van der Waals surface area contributed by atoms with Gasteiger partial charge in [0.05, 0.1) is 3.79 Å². The van der Waals surface area contributed by atoms with Crippen molar-refractivity contribution >= 4 is 39.1 Å². The van der Waals surface area contributed by atoms with Crippen LogP contribution in [0.15, 0.2) is 39.5 Å². The molecule has 0 radical (unpaired) electrons. The molecule has 0 unspecified atom stereocenters. The summed E-state index contributed by atoms with van der Waals surface area (Å²) in [6.45, 7) is 1.07. The lowest BCUT2D eigenvalue weighted by molar-refractivity contribution is 0.104. The minimum absolute atomic E-state index is 0.0516. The van der Waals surface area contributed by atoms with Gasteiger partial charge in [0, 0.05) is 5.56 Å². The molecule has 1 aliphatic heterocycles. The second-order valence-electron chi connectivity index (χ2n) is 4.24. The molecule has 2 aromatic rings. The van der Waals surface area contributed by atoms with Gasteiger partial charge >= 0.3 is 0 Å². The Morgan fingerprint density at radius 3 is 2.75 bits per heavy atom. The summed E-state index contributed by atoms with van der Waals surface area (Å²) in [5.74, 6) is 1.27. The highest BCUT2D eigenvalue weighted by atomic mass is 79.9. The largest absolute Gasteiger partial charge is 0.486 e. The maximum atomic E-state index is 12.1. The van der Waals surface area contributed by atoms with E-state index >= 15 is 0 Å². The van der Waals surface area contributed by atoms with Crippen molar-refractivity contribution in [2.24, 2.45) is 0 Å². The molecule has 0 atom stereocenters. The van der Waals surface area contributed by atoms with Gasteiger partial charge in [0.1, 0.15) is 13.2 Å². The summed E-state index contributed by atoms with van der Waals surface area (Å²) in [7, 11) is 0. The second-order valence-corrected chi connectivity index (χ2v) is 6.53. The van der Waals surface area contributed by atoms with Crippen molar-refractivity contribution in [2.75, 3.05) is 13.2 Å². The summed E-state index contributed by atoms with van der Waals surface area (Å²) in [6.07, 6.45) is 3.38. The molecule has 0 saturated carbocycles. The quantitative estimate of drug-likeness (QED) is 0.615. The van der Waals surface area contributed by atoms with Crippen LogP contribution in [0.5, 0.6) is 11.5 Å². The van der Waals surface area contributed by atoms with Crippen molar-refractivity contribution in [2.45, 2.75) is 0 Å². The molecule has 3 rings (SSSR count). The standard InChI is InChI=1S/C15H11BrO3S/c16-15-7-10(9-20-15)1-3-12(17)11-2-4-13-14(8-11)19-6-5-18-13/h1-4,7-9H,5-6H2/b3-1+. The Morgan fingerprint density at radius 1 is 1.20 bits per heavy atom. The Kier molecular flexibility index (Phi) is 3.89. The number of halogens is 1. The van der Waals surface area contributed by atoms with Gasteiger partial charge in [-0.3, -0.25) is 4.79 Å². The van der Waals surface area contributed by atoms with Crippen LogP contribution in [-0.2, 0) is 0 Å². The zero-order chi connectivity index (χ0) is 13.9. The molecule has 2 heterocycles. The number of carbonyl (C=O) groups excluding carboxylic acids is 1. The zero-order valence-electron chi connectivity index (χ0n) is 10.5. The molecule has 1 aromatic carbocycles. The monoisotopic (exact) mass is 350 g/mol. The van der Waals surface area contributed by atoms with Crippen LogP contribution in [0.4, 0.5) is 0 Å². The highest BCUT2D eigenvalue weighted by Crippen LogP contribution is 2.31. The van der Waals surface area contributed by atoms with Gasteiger partial charge in [-0.05, 0) is 57.2 Å².